The fourth-order valence-electron chi connectivity index (χ4n) is 2.36. The normalized spacial score (nSPS) is 15.1. The van der Waals surface area contributed by atoms with E-state index < -0.39 is 11.9 Å². The molecule has 0 fully saturated rings. The van der Waals surface area contributed by atoms with Gasteiger partial charge in [0.15, 0.2) is 5.92 Å². The number of hydrogen-bond donors (Lipinski definition) is 0. The van der Waals surface area contributed by atoms with Crippen LogP contribution in [0.25, 0.3) is 0 Å². The Morgan fingerprint density at radius 2 is 2.08 bits per heavy atom. The molecule has 0 spiro atoms. The molecule has 26 heavy (non-hydrogen) atoms. The van der Waals surface area contributed by atoms with Crippen molar-refractivity contribution in [3.63, 3.8) is 0 Å². The molecule has 1 aromatic rings. The number of carbonyl (C=O) groups is 2. The van der Waals surface area contributed by atoms with E-state index in [-0.39, 0.29) is 18.1 Å². The first-order valence-electron chi connectivity index (χ1n) is 8.16. The molecule has 1 heterocycles. The number of allylic oxidation sites excluding steroid dienone is 3. The molecule has 0 aromatic heterocycles. The van der Waals surface area contributed by atoms with Crippen LogP contribution in [0.2, 0.25) is 5.02 Å². The predicted molar refractivity (Wildman–Crippen MR) is 99.2 cm³/mol. The molecule has 5 nitrogen and oxygen atoms in total. The molecule has 0 saturated carbocycles. The number of Topliss-reactive ketones (excluding diaryl/α,β-unsaturated/α-hetero) is 1. The molecule has 134 valence electrons. The van der Waals surface area contributed by atoms with Crippen LogP contribution >= 0.6 is 11.6 Å². The van der Waals surface area contributed by atoms with E-state index in [0.29, 0.717) is 17.1 Å². The Labute approximate surface area is 157 Å². The molecule has 0 amide bonds. The number of hydrogen-bond acceptors (Lipinski definition) is 5. The van der Waals surface area contributed by atoms with E-state index in [1.54, 1.807) is 42.3 Å². The first kappa shape index (κ1) is 19.5. The zero-order valence-electron chi connectivity index (χ0n) is 14.6. The van der Waals surface area contributed by atoms with E-state index in [0.717, 1.165) is 5.57 Å². The summed E-state index contributed by atoms with van der Waals surface area (Å²) in [6.07, 6.45) is 6.93. The van der Waals surface area contributed by atoms with E-state index >= 15 is 0 Å². The van der Waals surface area contributed by atoms with Crippen LogP contribution in [0.1, 0.15) is 24.2 Å². The van der Waals surface area contributed by atoms with Crippen molar-refractivity contribution < 1.29 is 14.3 Å². The maximum atomic E-state index is 13.0. The fourth-order valence-corrected chi connectivity index (χ4v) is 2.48. The maximum absolute atomic E-state index is 13.0. The van der Waals surface area contributed by atoms with E-state index in [2.05, 4.69) is 0 Å². The Hall–Kier alpha value is -2.84. The molecular weight excluding hydrogens is 352 g/mol. The van der Waals surface area contributed by atoms with Crippen molar-refractivity contribution in [3.8, 4) is 6.07 Å². The van der Waals surface area contributed by atoms with E-state index in [4.69, 9.17) is 16.3 Å². The SMILES string of the molecule is CCOC(=O)C(C#N)C=C(C(=O)c1ccc(Cl)cc1)N1C=CC(C)=CC1. The highest BCUT2D eigenvalue weighted by Crippen LogP contribution is 2.21. The molecule has 0 radical (unpaired) electrons. The van der Waals surface area contributed by atoms with Crippen molar-refractivity contribution in [3.05, 3.63) is 70.5 Å². The van der Waals surface area contributed by atoms with Crippen molar-refractivity contribution in [2.45, 2.75) is 13.8 Å². The van der Waals surface area contributed by atoms with E-state index in [9.17, 15) is 14.9 Å². The van der Waals surface area contributed by atoms with Crippen LogP contribution in [-0.4, -0.2) is 29.8 Å². The molecule has 0 aliphatic carbocycles. The van der Waals surface area contributed by atoms with Gasteiger partial charge in [0.05, 0.1) is 18.4 Å². The molecule has 1 unspecified atom stereocenters. The van der Waals surface area contributed by atoms with Crippen LogP contribution in [0.15, 0.2) is 60.0 Å². The van der Waals surface area contributed by atoms with Crippen molar-refractivity contribution in [2.75, 3.05) is 13.2 Å². The Balaban J connectivity index is 2.41. The Bertz CT molecular complexity index is 816. The van der Waals surface area contributed by atoms with Gasteiger partial charge in [0.2, 0.25) is 5.78 Å². The van der Waals surface area contributed by atoms with Gasteiger partial charge in [-0.1, -0.05) is 23.3 Å². The average molecular weight is 371 g/mol. The summed E-state index contributed by atoms with van der Waals surface area (Å²) in [7, 11) is 0. The summed E-state index contributed by atoms with van der Waals surface area (Å²) in [5.41, 5.74) is 1.73. The first-order chi connectivity index (χ1) is 12.5. The topological polar surface area (TPSA) is 70.4 Å². The van der Waals surface area contributed by atoms with Gasteiger partial charge in [-0.2, -0.15) is 5.26 Å². The monoisotopic (exact) mass is 370 g/mol. The molecule has 0 saturated heterocycles. The first-order valence-corrected chi connectivity index (χ1v) is 8.54. The number of rotatable bonds is 6. The molecule has 2 rings (SSSR count). The minimum Gasteiger partial charge on any atom is -0.465 e. The van der Waals surface area contributed by atoms with E-state index in [1.807, 2.05) is 25.1 Å². The lowest BCUT2D eigenvalue weighted by molar-refractivity contribution is -0.144. The quantitative estimate of drug-likeness (QED) is 0.431. The smallest absolute Gasteiger partial charge is 0.327 e. The summed E-state index contributed by atoms with van der Waals surface area (Å²) in [6, 6.07) is 8.35. The van der Waals surface area contributed by atoms with Crippen molar-refractivity contribution in [1.82, 2.24) is 4.90 Å². The van der Waals surface area contributed by atoms with Crippen LogP contribution < -0.4 is 0 Å². The third kappa shape index (κ3) is 4.84. The fraction of sp³-hybridized carbons (Fsp3) is 0.250. The number of halogens is 1. The summed E-state index contributed by atoms with van der Waals surface area (Å²) in [5, 5.41) is 9.85. The second kappa shape index (κ2) is 9.02. The van der Waals surface area contributed by atoms with Gasteiger partial charge in [-0.3, -0.25) is 9.59 Å². The van der Waals surface area contributed by atoms with Crippen molar-refractivity contribution in [1.29, 1.82) is 5.26 Å². The highest BCUT2D eigenvalue weighted by Gasteiger charge is 2.24. The van der Waals surface area contributed by atoms with Crippen LogP contribution in [0.3, 0.4) is 0 Å². The molecule has 1 aliphatic heterocycles. The molecule has 1 aliphatic rings. The number of nitriles is 1. The highest BCUT2D eigenvalue weighted by molar-refractivity contribution is 6.30. The Kier molecular flexibility index (Phi) is 6.76. The lowest BCUT2D eigenvalue weighted by atomic mass is 10.0. The maximum Gasteiger partial charge on any atom is 0.327 e. The second-order valence-electron chi connectivity index (χ2n) is 5.66. The van der Waals surface area contributed by atoms with Gasteiger partial charge in [-0.25, -0.2) is 0 Å². The minimum absolute atomic E-state index is 0.164. The van der Waals surface area contributed by atoms with Crippen molar-refractivity contribution >= 4 is 23.4 Å². The van der Waals surface area contributed by atoms with Gasteiger partial charge in [-0.15, -0.1) is 0 Å². The zero-order valence-corrected chi connectivity index (χ0v) is 15.4. The Morgan fingerprint density at radius 1 is 1.38 bits per heavy atom. The molecule has 0 bridgehead atoms. The van der Waals surface area contributed by atoms with Gasteiger partial charge >= 0.3 is 5.97 Å². The summed E-state index contributed by atoms with van der Waals surface area (Å²) in [5.74, 6) is -2.14. The lowest BCUT2D eigenvalue weighted by Crippen LogP contribution is -2.27. The summed E-state index contributed by atoms with van der Waals surface area (Å²) in [4.78, 5) is 26.7. The number of carbonyl (C=O) groups excluding carboxylic acids is 2. The van der Waals surface area contributed by atoms with Gasteiger partial charge in [0.1, 0.15) is 0 Å². The van der Waals surface area contributed by atoms with Crippen LogP contribution in [-0.2, 0) is 9.53 Å². The zero-order chi connectivity index (χ0) is 19.1. The number of ether oxygens (including phenoxy) is 1. The Morgan fingerprint density at radius 3 is 2.62 bits per heavy atom. The largest absolute Gasteiger partial charge is 0.465 e. The average Bonchev–Trinajstić information content (AvgIpc) is 2.64. The lowest BCUT2D eigenvalue weighted by Gasteiger charge is -2.25. The van der Waals surface area contributed by atoms with Crippen LogP contribution in [0.4, 0.5) is 0 Å². The minimum atomic E-state index is -1.17. The molecule has 6 heteroatoms. The van der Waals surface area contributed by atoms with Crippen LogP contribution in [0, 0.1) is 17.2 Å². The summed E-state index contributed by atoms with van der Waals surface area (Å²) < 4.78 is 4.92. The van der Waals surface area contributed by atoms with Gasteiger partial charge < -0.3 is 9.64 Å². The molecule has 0 N–H and O–H groups in total. The second-order valence-corrected chi connectivity index (χ2v) is 6.10. The molecule has 1 atom stereocenters. The molecule has 1 aromatic carbocycles. The van der Waals surface area contributed by atoms with Gasteiger partial charge in [0.25, 0.3) is 0 Å². The molecular formula is C20H19ClN2O3. The number of benzene rings is 1. The van der Waals surface area contributed by atoms with Gasteiger partial charge in [-0.05, 0) is 50.3 Å². The van der Waals surface area contributed by atoms with Crippen LogP contribution in [0.5, 0.6) is 0 Å². The third-order valence-corrected chi connectivity index (χ3v) is 4.03. The van der Waals surface area contributed by atoms with E-state index in [1.165, 1.54) is 6.08 Å². The predicted octanol–water partition coefficient (Wildman–Crippen LogP) is 3.89. The number of nitrogens with zero attached hydrogens (tertiary/aromatic N) is 2. The summed E-state index contributed by atoms with van der Waals surface area (Å²) >= 11 is 5.88. The standard InChI is InChI=1S/C20H19ClN2O3/c1-3-26-20(25)16(13-22)12-18(23-10-8-14(2)9-11-23)19(24)15-4-6-17(21)7-5-15/h4-10,12,16H,3,11H2,1-2H3. The highest BCUT2D eigenvalue weighted by atomic mass is 35.5. The number of esters is 1. The van der Waals surface area contributed by atoms with Crippen molar-refractivity contribution in [2.24, 2.45) is 5.92 Å². The third-order valence-electron chi connectivity index (χ3n) is 3.78. The number of ketones is 1. The summed E-state index contributed by atoms with van der Waals surface area (Å²) in [6.45, 7) is 4.25. The van der Waals surface area contributed by atoms with Gasteiger partial charge in [0, 0.05) is 23.3 Å².